The lowest BCUT2D eigenvalue weighted by atomic mass is 9.55. The molecule has 4 aromatic rings. The molecule has 3 heteroatoms. The number of rotatable bonds is 1. The minimum Gasteiger partial charge on any atom is -0.253 e. The second-order valence-corrected chi connectivity index (χ2v) is 9.89. The summed E-state index contributed by atoms with van der Waals surface area (Å²) >= 11 is 0. The van der Waals surface area contributed by atoms with Gasteiger partial charge in [0.1, 0.15) is 5.69 Å². The first-order chi connectivity index (χ1) is 14.1. The van der Waals surface area contributed by atoms with Crippen LogP contribution in [0.3, 0.4) is 0 Å². The lowest BCUT2D eigenvalue weighted by molar-refractivity contribution is -0.744. The summed E-state index contributed by atoms with van der Waals surface area (Å²) in [6.45, 7) is 13.8. The van der Waals surface area contributed by atoms with Gasteiger partial charge in [-0.05, 0) is 76.8 Å². The van der Waals surface area contributed by atoms with Gasteiger partial charge in [-0.15, -0.1) is 9.36 Å². The molecule has 0 radical (unpaired) electrons. The highest BCUT2D eigenvalue weighted by Crippen LogP contribution is 2.55. The third-order valence-corrected chi connectivity index (χ3v) is 7.62. The maximum Gasteiger partial charge on any atom is 0.195 e. The van der Waals surface area contributed by atoms with Gasteiger partial charge in [0.05, 0.1) is 11.7 Å². The number of aromatic nitrogens is 3. The van der Waals surface area contributed by atoms with Crippen molar-refractivity contribution >= 4 is 10.9 Å². The quantitative estimate of drug-likeness (QED) is 0.378. The molecule has 2 aromatic heterocycles. The van der Waals surface area contributed by atoms with E-state index in [4.69, 9.17) is 4.98 Å². The van der Waals surface area contributed by atoms with Crippen molar-refractivity contribution in [2.45, 2.75) is 52.4 Å². The molecule has 2 heterocycles. The van der Waals surface area contributed by atoms with Crippen molar-refractivity contribution < 1.29 is 4.68 Å². The van der Waals surface area contributed by atoms with E-state index in [1.807, 2.05) is 0 Å². The summed E-state index contributed by atoms with van der Waals surface area (Å²) in [6.07, 6.45) is 4.21. The van der Waals surface area contributed by atoms with E-state index in [1.165, 1.54) is 38.9 Å². The summed E-state index contributed by atoms with van der Waals surface area (Å²) in [7, 11) is 2.08. The van der Waals surface area contributed by atoms with E-state index in [9.17, 15) is 0 Å². The van der Waals surface area contributed by atoms with Crippen LogP contribution in [-0.4, -0.2) is 9.67 Å². The van der Waals surface area contributed by atoms with E-state index in [0.717, 1.165) is 11.2 Å². The minimum atomic E-state index is 0.000479. The highest BCUT2D eigenvalue weighted by atomic mass is 15.4. The van der Waals surface area contributed by atoms with Gasteiger partial charge < -0.3 is 0 Å². The Balaban J connectivity index is 1.89. The fourth-order valence-electron chi connectivity index (χ4n) is 5.04. The smallest absolute Gasteiger partial charge is 0.195 e. The molecule has 0 N–H and O–H groups in total. The van der Waals surface area contributed by atoms with Crippen molar-refractivity contribution in [1.82, 2.24) is 9.67 Å². The molecule has 152 valence electrons. The predicted molar refractivity (Wildman–Crippen MR) is 123 cm³/mol. The number of fused-ring (bicyclic) bond motifs is 4. The number of pyridine rings is 1. The maximum atomic E-state index is 4.84. The number of hydrogen-bond donors (Lipinski definition) is 0. The van der Waals surface area contributed by atoms with Crippen LogP contribution in [0.15, 0.2) is 54.9 Å². The lowest BCUT2D eigenvalue weighted by Gasteiger charge is -2.48. The largest absolute Gasteiger partial charge is 0.253 e. The Kier molecular flexibility index (Phi) is 3.83. The molecule has 0 saturated heterocycles. The highest BCUT2D eigenvalue weighted by Gasteiger charge is 2.46. The van der Waals surface area contributed by atoms with Gasteiger partial charge in [0.2, 0.25) is 0 Å². The van der Waals surface area contributed by atoms with Crippen LogP contribution in [0.5, 0.6) is 0 Å². The van der Waals surface area contributed by atoms with Crippen LogP contribution in [0.1, 0.15) is 50.1 Å². The molecule has 0 spiro atoms. The molecule has 5 rings (SSSR count). The first-order valence-electron chi connectivity index (χ1n) is 10.7. The molecule has 0 aliphatic heterocycles. The maximum absolute atomic E-state index is 4.84. The van der Waals surface area contributed by atoms with Crippen molar-refractivity contribution in [2.24, 2.45) is 7.05 Å². The molecule has 0 saturated carbocycles. The monoisotopic (exact) mass is 396 g/mol. The van der Waals surface area contributed by atoms with Gasteiger partial charge in [-0.1, -0.05) is 39.8 Å². The van der Waals surface area contributed by atoms with Gasteiger partial charge >= 0.3 is 0 Å². The zero-order valence-corrected chi connectivity index (χ0v) is 19.0. The van der Waals surface area contributed by atoms with Crippen LogP contribution in [0, 0.1) is 13.8 Å². The molecule has 30 heavy (non-hydrogen) atoms. The summed E-state index contributed by atoms with van der Waals surface area (Å²) in [6, 6.07) is 15.9. The average molecular weight is 397 g/mol. The van der Waals surface area contributed by atoms with Crippen LogP contribution in [0.2, 0.25) is 0 Å². The van der Waals surface area contributed by atoms with E-state index < -0.39 is 0 Å². The number of hydrogen-bond acceptors (Lipinski definition) is 1. The molecule has 0 atom stereocenters. The molecule has 1 aliphatic carbocycles. The van der Waals surface area contributed by atoms with Crippen LogP contribution in [-0.2, 0) is 17.9 Å². The minimum absolute atomic E-state index is 0.000479. The van der Waals surface area contributed by atoms with E-state index in [0.29, 0.717) is 0 Å². The van der Waals surface area contributed by atoms with Gasteiger partial charge in [0.25, 0.3) is 0 Å². The Bertz CT molecular complexity index is 1320. The summed E-state index contributed by atoms with van der Waals surface area (Å²) in [5, 5.41) is 1.22. The third-order valence-electron chi connectivity index (χ3n) is 7.62. The second-order valence-electron chi connectivity index (χ2n) is 9.89. The third kappa shape index (κ3) is 2.44. The molecule has 0 amide bonds. The first kappa shape index (κ1) is 19.0. The predicted octanol–water partition coefficient (Wildman–Crippen LogP) is 5.70. The van der Waals surface area contributed by atoms with Crippen molar-refractivity contribution in [1.29, 1.82) is 0 Å². The molecule has 0 unspecified atom stereocenters. The van der Waals surface area contributed by atoms with Crippen molar-refractivity contribution in [3.63, 3.8) is 0 Å². The Morgan fingerprint density at radius 1 is 0.867 bits per heavy atom. The lowest BCUT2D eigenvalue weighted by Crippen LogP contribution is -2.44. The van der Waals surface area contributed by atoms with Gasteiger partial charge in [-0.25, -0.2) is 0 Å². The number of aryl methyl sites for hydroxylation is 3. The first-order valence-corrected chi connectivity index (χ1v) is 10.7. The normalized spacial score (nSPS) is 16.4. The average Bonchev–Trinajstić information content (AvgIpc) is 3.11. The standard InChI is InChI=1S/C27H30N3/c1-17-13-22-21(16-25(17)30-12-8-11-29(30)7)20-15-24-19(10-9-18(2)28-24)14-23(20)27(5,6)26(22,3)4/h8-16H,1-7H3/q+1. The molecule has 3 nitrogen and oxygen atoms in total. The fourth-order valence-corrected chi connectivity index (χ4v) is 5.04. The molecule has 0 bridgehead atoms. The summed E-state index contributed by atoms with van der Waals surface area (Å²) in [5.74, 6) is 0. The van der Waals surface area contributed by atoms with Crippen LogP contribution < -0.4 is 4.68 Å². The highest BCUT2D eigenvalue weighted by molar-refractivity contribution is 5.90. The summed E-state index contributed by atoms with van der Waals surface area (Å²) < 4.78 is 4.34. The summed E-state index contributed by atoms with van der Waals surface area (Å²) in [5.41, 5.74) is 10.1. The van der Waals surface area contributed by atoms with Gasteiger partial charge in [0.15, 0.2) is 13.2 Å². The zero-order chi connectivity index (χ0) is 21.4. The van der Waals surface area contributed by atoms with Crippen LogP contribution in [0.25, 0.3) is 27.7 Å². The summed E-state index contributed by atoms with van der Waals surface area (Å²) in [4.78, 5) is 4.84. The van der Waals surface area contributed by atoms with Crippen molar-refractivity contribution in [2.75, 3.05) is 0 Å². The Labute approximate surface area is 179 Å². The fraction of sp³-hybridized carbons (Fsp3) is 0.333. The van der Waals surface area contributed by atoms with Gasteiger partial charge in [0, 0.05) is 17.1 Å². The second kappa shape index (κ2) is 6.04. The molecule has 0 fully saturated rings. The molecule has 1 aliphatic rings. The van der Waals surface area contributed by atoms with Gasteiger partial charge in [-0.2, -0.15) is 0 Å². The van der Waals surface area contributed by atoms with Crippen LogP contribution in [0.4, 0.5) is 0 Å². The Morgan fingerprint density at radius 3 is 2.20 bits per heavy atom. The van der Waals surface area contributed by atoms with Crippen molar-refractivity contribution in [3.8, 4) is 16.8 Å². The zero-order valence-electron chi connectivity index (χ0n) is 19.0. The Morgan fingerprint density at radius 2 is 1.53 bits per heavy atom. The van der Waals surface area contributed by atoms with Crippen LogP contribution >= 0.6 is 0 Å². The molecular formula is C27H30N3+. The topological polar surface area (TPSA) is 21.7 Å². The van der Waals surface area contributed by atoms with E-state index >= 15 is 0 Å². The van der Waals surface area contributed by atoms with Gasteiger partial charge in [-0.3, -0.25) is 4.98 Å². The van der Waals surface area contributed by atoms with Crippen molar-refractivity contribution in [3.05, 3.63) is 77.2 Å². The molecule has 2 aromatic carbocycles. The van der Waals surface area contributed by atoms with E-state index in [-0.39, 0.29) is 10.8 Å². The van der Waals surface area contributed by atoms with E-state index in [1.54, 1.807) is 0 Å². The number of nitrogens with zero attached hydrogens (tertiary/aromatic N) is 3. The SMILES string of the molecule is Cc1ccc2cc3c(cc2n1)-c1cc(-n2ccc[n+]2C)c(C)cc1C(C)(C)C3(C)C. The van der Waals surface area contributed by atoms with E-state index in [2.05, 4.69) is 113 Å². The number of benzene rings is 2. The Hall–Kier alpha value is -2.94. The molecular weight excluding hydrogens is 366 g/mol.